The maximum absolute atomic E-state index is 6.33. The largest absolute Gasteiger partial charge is 0.350 e. The van der Waals surface area contributed by atoms with Crippen LogP contribution in [-0.4, -0.2) is 16.5 Å². The number of hydrogen-bond acceptors (Lipinski definition) is 2. The van der Waals surface area contributed by atoms with E-state index in [1.807, 2.05) is 0 Å². The first kappa shape index (κ1) is 12.7. The third-order valence-corrected chi connectivity index (χ3v) is 4.22. The Labute approximate surface area is 115 Å². The molecule has 1 aromatic heterocycles. The lowest BCUT2D eigenvalue weighted by atomic mass is 10.00. The fraction of sp³-hybridized carbons (Fsp3) is 0.500. The van der Waals surface area contributed by atoms with Crippen molar-refractivity contribution in [3.05, 3.63) is 35.0 Å². The minimum Gasteiger partial charge on any atom is -0.350 e. The van der Waals surface area contributed by atoms with Gasteiger partial charge in [-0.3, -0.25) is 4.90 Å². The molecule has 1 unspecified atom stereocenters. The van der Waals surface area contributed by atoms with Crippen LogP contribution in [0.2, 0.25) is 0 Å². The van der Waals surface area contributed by atoms with E-state index in [1.54, 1.807) is 0 Å². The van der Waals surface area contributed by atoms with Gasteiger partial charge in [0.15, 0.2) is 0 Å². The van der Waals surface area contributed by atoms with Gasteiger partial charge in [0.25, 0.3) is 0 Å². The van der Waals surface area contributed by atoms with Crippen LogP contribution in [-0.2, 0) is 20.1 Å². The molecular weight excluding hydrogens is 234 g/mol. The molecule has 102 valence electrons. The third kappa shape index (κ3) is 2.07. The Hall–Kier alpha value is -1.32. The van der Waals surface area contributed by atoms with E-state index in [4.69, 9.17) is 5.73 Å². The lowest BCUT2D eigenvalue weighted by Crippen LogP contribution is -2.09. The molecule has 0 fully saturated rings. The monoisotopic (exact) mass is 257 g/mol. The highest BCUT2D eigenvalue weighted by atomic mass is 15.1. The van der Waals surface area contributed by atoms with Crippen LogP contribution in [0.25, 0.3) is 10.9 Å². The lowest BCUT2D eigenvalue weighted by Gasteiger charge is -2.09. The Morgan fingerprint density at radius 1 is 1.21 bits per heavy atom. The number of hydrogen-bond donors (Lipinski definition) is 1. The predicted molar refractivity (Wildman–Crippen MR) is 79.9 cm³/mol. The molecule has 0 saturated heterocycles. The van der Waals surface area contributed by atoms with E-state index in [0.717, 1.165) is 25.9 Å². The summed E-state index contributed by atoms with van der Waals surface area (Å²) in [5.41, 5.74) is 11.9. The molecule has 3 rings (SSSR count). The minimum absolute atomic E-state index is 0.158. The minimum atomic E-state index is 0.158. The molecule has 2 aromatic rings. The molecule has 3 nitrogen and oxygen atoms in total. The number of nitrogens with two attached hydrogens (primary N) is 1. The Morgan fingerprint density at radius 3 is 2.58 bits per heavy atom. The average molecular weight is 257 g/mol. The van der Waals surface area contributed by atoms with Gasteiger partial charge < -0.3 is 10.3 Å². The van der Waals surface area contributed by atoms with E-state index in [2.05, 4.69) is 48.8 Å². The summed E-state index contributed by atoms with van der Waals surface area (Å²) in [5, 5.41) is 1.34. The first-order valence-corrected chi connectivity index (χ1v) is 7.15. The molecule has 1 atom stereocenters. The number of aromatic nitrogens is 1. The molecule has 1 aliphatic heterocycles. The van der Waals surface area contributed by atoms with E-state index in [-0.39, 0.29) is 6.04 Å². The molecule has 2 heterocycles. The standard InChI is InChI=1S/C16H23N3/c1-4-5-15(17)14-10-19(3)16-7-12-9-18(2)8-11(12)6-13(14)16/h6-7,10,15H,4-5,8-9,17H2,1-3H3. The zero-order chi connectivity index (χ0) is 13.6. The van der Waals surface area contributed by atoms with Gasteiger partial charge in [-0.25, -0.2) is 0 Å². The molecule has 0 aliphatic carbocycles. The van der Waals surface area contributed by atoms with Crippen molar-refractivity contribution >= 4 is 10.9 Å². The highest BCUT2D eigenvalue weighted by Gasteiger charge is 2.20. The van der Waals surface area contributed by atoms with Crippen LogP contribution in [0.1, 0.15) is 42.5 Å². The van der Waals surface area contributed by atoms with Gasteiger partial charge in [0.05, 0.1) is 0 Å². The average Bonchev–Trinajstić information content (AvgIpc) is 2.87. The maximum atomic E-state index is 6.33. The van der Waals surface area contributed by atoms with E-state index >= 15 is 0 Å². The Balaban J connectivity index is 2.13. The van der Waals surface area contributed by atoms with Crippen LogP contribution in [0.5, 0.6) is 0 Å². The van der Waals surface area contributed by atoms with Crippen molar-refractivity contribution in [3.8, 4) is 0 Å². The molecular formula is C16H23N3. The molecule has 3 heteroatoms. The topological polar surface area (TPSA) is 34.2 Å². The number of rotatable bonds is 3. The molecule has 19 heavy (non-hydrogen) atoms. The molecule has 1 aromatic carbocycles. The van der Waals surface area contributed by atoms with E-state index < -0.39 is 0 Å². The van der Waals surface area contributed by atoms with Crippen molar-refractivity contribution in [2.75, 3.05) is 7.05 Å². The second kappa shape index (κ2) is 4.66. The molecule has 2 N–H and O–H groups in total. The van der Waals surface area contributed by atoms with Crippen molar-refractivity contribution in [3.63, 3.8) is 0 Å². The SMILES string of the molecule is CCCC(N)c1cn(C)c2cc3c(cc12)CN(C)C3. The van der Waals surface area contributed by atoms with Gasteiger partial charge in [-0.05, 0) is 42.3 Å². The number of fused-ring (bicyclic) bond motifs is 2. The van der Waals surface area contributed by atoms with Gasteiger partial charge in [0.1, 0.15) is 0 Å². The Bertz CT molecular complexity index is 612. The lowest BCUT2D eigenvalue weighted by molar-refractivity contribution is 0.353. The fourth-order valence-electron chi connectivity index (χ4n) is 3.24. The zero-order valence-corrected chi connectivity index (χ0v) is 12.1. The van der Waals surface area contributed by atoms with Crippen molar-refractivity contribution in [1.29, 1.82) is 0 Å². The summed E-state index contributed by atoms with van der Waals surface area (Å²) in [6.45, 7) is 4.31. The van der Waals surface area contributed by atoms with Crippen molar-refractivity contribution in [2.24, 2.45) is 12.8 Å². The number of benzene rings is 1. The maximum Gasteiger partial charge on any atom is 0.0484 e. The number of nitrogens with zero attached hydrogens (tertiary/aromatic N) is 2. The van der Waals surface area contributed by atoms with Gasteiger partial charge in [-0.1, -0.05) is 13.3 Å². The van der Waals surface area contributed by atoms with Crippen molar-refractivity contribution in [1.82, 2.24) is 9.47 Å². The molecule has 0 bridgehead atoms. The smallest absolute Gasteiger partial charge is 0.0484 e. The summed E-state index contributed by atoms with van der Waals surface area (Å²) in [6, 6.07) is 4.86. The quantitative estimate of drug-likeness (QED) is 0.917. The van der Waals surface area contributed by atoms with Crippen molar-refractivity contribution in [2.45, 2.75) is 38.9 Å². The summed E-state index contributed by atoms with van der Waals surface area (Å²) >= 11 is 0. The summed E-state index contributed by atoms with van der Waals surface area (Å²) in [5.74, 6) is 0. The molecule has 0 amide bonds. The van der Waals surface area contributed by atoms with Gasteiger partial charge >= 0.3 is 0 Å². The van der Waals surface area contributed by atoms with Crippen LogP contribution < -0.4 is 5.73 Å². The van der Waals surface area contributed by atoms with Crippen LogP contribution in [0.15, 0.2) is 18.3 Å². The van der Waals surface area contributed by atoms with Crippen molar-refractivity contribution < 1.29 is 0 Å². The summed E-state index contributed by atoms with van der Waals surface area (Å²) < 4.78 is 2.22. The van der Waals surface area contributed by atoms with Gasteiger partial charge in [0.2, 0.25) is 0 Å². The first-order valence-electron chi connectivity index (χ1n) is 7.15. The highest BCUT2D eigenvalue weighted by Crippen LogP contribution is 2.32. The van der Waals surface area contributed by atoms with Crippen LogP contribution in [0, 0.1) is 0 Å². The second-order valence-corrected chi connectivity index (χ2v) is 5.90. The van der Waals surface area contributed by atoms with Crippen LogP contribution in [0.3, 0.4) is 0 Å². The number of aryl methyl sites for hydroxylation is 1. The van der Waals surface area contributed by atoms with Crippen LogP contribution in [0.4, 0.5) is 0 Å². The zero-order valence-electron chi connectivity index (χ0n) is 12.1. The van der Waals surface area contributed by atoms with E-state index in [0.29, 0.717) is 0 Å². The first-order chi connectivity index (χ1) is 9.10. The fourth-order valence-corrected chi connectivity index (χ4v) is 3.24. The predicted octanol–water partition coefficient (Wildman–Crippen LogP) is 2.92. The Kier molecular flexibility index (Phi) is 3.11. The summed E-state index contributed by atoms with van der Waals surface area (Å²) in [6.07, 6.45) is 4.39. The van der Waals surface area contributed by atoms with E-state index in [1.165, 1.54) is 27.6 Å². The normalized spacial score (nSPS) is 17.1. The third-order valence-electron chi connectivity index (χ3n) is 4.22. The van der Waals surface area contributed by atoms with Crippen LogP contribution >= 0.6 is 0 Å². The van der Waals surface area contributed by atoms with Gasteiger partial charge in [0, 0.05) is 43.3 Å². The highest BCUT2D eigenvalue weighted by molar-refractivity contribution is 5.86. The molecule has 1 aliphatic rings. The summed E-state index contributed by atoms with van der Waals surface area (Å²) in [4.78, 5) is 2.36. The molecule has 0 spiro atoms. The van der Waals surface area contributed by atoms with Gasteiger partial charge in [-0.15, -0.1) is 0 Å². The molecule has 0 saturated carbocycles. The van der Waals surface area contributed by atoms with Gasteiger partial charge in [-0.2, -0.15) is 0 Å². The second-order valence-electron chi connectivity index (χ2n) is 5.90. The van der Waals surface area contributed by atoms with E-state index in [9.17, 15) is 0 Å². The molecule has 0 radical (unpaired) electrons. The Morgan fingerprint density at radius 2 is 1.89 bits per heavy atom. The summed E-state index contributed by atoms with van der Waals surface area (Å²) in [7, 11) is 4.30.